The molecule has 0 saturated carbocycles. The molecule has 0 amide bonds. The molecule has 1 rings (SSSR count). The van der Waals surface area contributed by atoms with Crippen molar-refractivity contribution in [3.8, 4) is 0 Å². The molecular formula is C7H12N. The maximum atomic E-state index is 4.25. The Bertz CT molecular complexity index is 76.4. The molecule has 1 nitrogen and oxygen atoms in total. The third kappa shape index (κ3) is 1.66. The van der Waals surface area contributed by atoms with Crippen LogP contribution in [0.5, 0.6) is 0 Å². The van der Waals surface area contributed by atoms with E-state index in [0.29, 0.717) is 0 Å². The van der Waals surface area contributed by atoms with Crippen molar-refractivity contribution in [2.24, 2.45) is 0 Å². The molecule has 1 saturated heterocycles. The highest BCUT2D eigenvalue weighted by molar-refractivity contribution is 4.97. The largest absolute Gasteiger partial charge is 0.237 e. The second-order valence-electron chi connectivity index (χ2n) is 2.31. The van der Waals surface area contributed by atoms with Crippen LogP contribution in [0.15, 0.2) is 12.2 Å². The molecule has 1 aliphatic rings. The van der Waals surface area contributed by atoms with Crippen LogP contribution in [0.2, 0.25) is 0 Å². The normalized spacial score (nSPS) is 22.8. The predicted molar refractivity (Wildman–Crippen MR) is 34.9 cm³/mol. The van der Waals surface area contributed by atoms with Gasteiger partial charge in [-0.25, -0.2) is 5.32 Å². The lowest BCUT2D eigenvalue weighted by Crippen LogP contribution is -2.05. The maximum Gasteiger partial charge on any atom is 0.0341 e. The average Bonchev–Trinajstić information content (AvgIpc) is 1.94. The molecule has 0 aliphatic carbocycles. The van der Waals surface area contributed by atoms with Gasteiger partial charge < -0.3 is 0 Å². The van der Waals surface area contributed by atoms with Crippen LogP contribution in [0.4, 0.5) is 0 Å². The molecule has 1 fully saturated rings. The van der Waals surface area contributed by atoms with Crippen LogP contribution >= 0.6 is 0 Å². The first kappa shape index (κ1) is 5.83. The monoisotopic (exact) mass is 110 g/mol. The van der Waals surface area contributed by atoms with E-state index in [1.807, 2.05) is 0 Å². The lowest BCUT2D eigenvalue weighted by atomic mass is 10.2. The van der Waals surface area contributed by atoms with Gasteiger partial charge in [0.1, 0.15) is 0 Å². The van der Waals surface area contributed by atoms with E-state index < -0.39 is 0 Å². The molecule has 8 heavy (non-hydrogen) atoms. The molecule has 0 bridgehead atoms. The summed E-state index contributed by atoms with van der Waals surface area (Å²) in [7, 11) is 0. The van der Waals surface area contributed by atoms with Crippen molar-refractivity contribution in [3.05, 3.63) is 12.2 Å². The van der Waals surface area contributed by atoms with Crippen LogP contribution in [0.25, 0.3) is 0 Å². The lowest BCUT2D eigenvalue weighted by Gasteiger charge is -1.94. The van der Waals surface area contributed by atoms with E-state index in [2.05, 4.69) is 11.9 Å². The van der Waals surface area contributed by atoms with Crippen molar-refractivity contribution in [2.75, 3.05) is 13.1 Å². The first-order chi connectivity index (χ1) is 3.89. The van der Waals surface area contributed by atoms with Crippen molar-refractivity contribution < 1.29 is 0 Å². The van der Waals surface area contributed by atoms with Crippen LogP contribution < -0.4 is 5.32 Å². The molecule has 1 radical (unpaired) electrons. The molecule has 0 aromatic rings. The van der Waals surface area contributed by atoms with Crippen LogP contribution in [0.3, 0.4) is 0 Å². The summed E-state index contributed by atoms with van der Waals surface area (Å²) >= 11 is 0. The highest BCUT2D eigenvalue weighted by atomic mass is 14.8. The predicted octanol–water partition coefficient (Wildman–Crippen LogP) is 1.33. The Labute approximate surface area is 50.8 Å². The van der Waals surface area contributed by atoms with Crippen LogP contribution in [0, 0.1) is 0 Å². The van der Waals surface area contributed by atoms with Crippen LogP contribution in [-0.4, -0.2) is 13.1 Å². The van der Waals surface area contributed by atoms with Gasteiger partial charge in [-0.1, -0.05) is 12.2 Å². The number of hydrogen-bond donors (Lipinski definition) is 0. The fourth-order valence-corrected chi connectivity index (χ4v) is 0.915. The molecule has 0 unspecified atom stereocenters. The fraction of sp³-hybridized carbons (Fsp3) is 0.714. The van der Waals surface area contributed by atoms with E-state index >= 15 is 0 Å². The quantitative estimate of drug-likeness (QED) is 0.418. The first-order valence-electron chi connectivity index (χ1n) is 3.19. The Hall–Kier alpha value is -0.300. The van der Waals surface area contributed by atoms with E-state index in [1.165, 1.54) is 24.8 Å². The Morgan fingerprint density at radius 1 is 1.38 bits per heavy atom. The number of nitrogens with zero attached hydrogens (tertiary/aromatic N) is 1. The number of rotatable bonds is 0. The zero-order valence-corrected chi connectivity index (χ0v) is 5.19. The fourth-order valence-electron chi connectivity index (χ4n) is 0.915. The molecule has 0 aromatic heterocycles. The van der Waals surface area contributed by atoms with Crippen molar-refractivity contribution in [1.82, 2.24) is 5.32 Å². The molecule has 1 heterocycles. The SMILES string of the molecule is C=C1CCCC[N]C1. The van der Waals surface area contributed by atoms with Gasteiger partial charge >= 0.3 is 0 Å². The van der Waals surface area contributed by atoms with Crippen molar-refractivity contribution in [1.29, 1.82) is 0 Å². The average molecular weight is 110 g/mol. The first-order valence-corrected chi connectivity index (χ1v) is 3.19. The van der Waals surface area contributed by atoms with Gasteiger partial charge in [0, 0.05) is 13.1 Å². The van der Waals surface area contributed by atoms with Gasteiger partial charge in [0.15, 0.2) is 0 Å². The highest BCUT2D eigenvalue weighted by Gasteiger charge is 1.99. The van der Waals surface area contributed by atoms with E-state index in [-0.39, 0.29) is 0 Å². The molecule has 45 valence electrons. The Kier molecular flexibility index (Phi) is 2.10. The molecule has 1 heteroatoms. The molecular weight excluding hydrogens is 98.1 g/mol. The van der Waals surface area contributed by atoms with Crippen molar-refractivity contribution in [3.63, 3.8) is 0 Å². The third-order valence-corrected chi connectivity index (χ3v) is 1.43. The van der Waals surface area contributed by atoms with Crippen LogP contribution in [0.1, 0.15) is 19.3 Å². The minimum Gasteiger partial charge on any atom is -0.237 e. The maximum absolute atomic E-state index is 4.25. The zero-order valence-electron chi connectivity index (χ0n) is 5.19. The van der Waals surface area contributed by atoms with E-state index in [0.717, 1.165) is 13.1 Å². The Morgan fingerprint density at radius 3 is 3.12 bits per heavy atom. The standard InChI is InChI=1S/C7H12N/c1-7-4-2-3-5-8-6-7/h1-6H2. The zero-order chi connectivity index (χ0) is 5.82. The summed E-state index contributed by atoms with van der Waals surface area (Å²) in [4.78, 5) is 0. The second kappa shape index (κ2) is 2.88. The van der Waals surface area contributed by atoms with Gasteiger partial charge in [0.05, 0.1) is 0 Å². The molecule has 1 aliphatic heterocycles. The highest BCUT2D eigenvalue weighted by Crippen LogP contribution is 2.07. The molecule has 0 spiro atoms. The summed E-state index contributed by atoms with van der Waals surface area (Å²) in [5.74, 6) is 0. The van der Waals surface area contributed by atoms with Gasteiger partial charge in [-0.05, 0) is 19.3 Å². The van der Waals surface area contributed by atoms with E-state index in [9.17, 15) is 0 Å². The summed E-state index contributed by atoms with van der Waals surface area (Å²) in [5.41, 5.74) is 1.31. The summed E-state index contributed by atoms with van der Waals surface area (Å²) in [6.45, 7) is 5.85. The van der Waals surface area contributed by atoms with Crippen molar-refractivity contribution in [2.45, 2.75) is 19.3 Å². The van der Waals surface area contributed by atoms with Gasteiger partial charge in [0.25, 0.3) is 0 Å². The molecule has 0 aromatic carbocycles. The van der Waals surface area contributed by atoms with Gasteiger partial charge in [-0.2, -0.15) is 0 Å². The van der Waals surface area contributed by atoms with Gasteiger partial charge in [-0.15, -0.1) is 0 Å². The van der Waals surface area contributed by atoms with Crippen molar-refractivity contribution >= 4 is 0 Å². The summed E-state index contributed by atoms with van der Waals surface area (Å²) in [5, 5.41) is 4.25. The van der Waals surface area contributed by atoms with E-state index in [1.54, 1.807) is 0 Å². The van der Waals surface area contributed by atoms with E-state index in [4.69, 9.17) is 0 Å². The van der Waals surface area contributed by atoms with Crippen LogP contribution in [-0.2, 0) is 0 Å². The minimum absolute atomic E-state index is 0.917. The number of hydrogen-bond acceptors (Lipinski definition) is 0. The molecule has 0 N–H and O–H groups in total. The Morgan fingerprint density at radius 2 is 2.25 bits per heavy atom. The Balaban J connectivity index is 2.27. The van der Waals surface area contributed by atoms with Gasteiger partial charge in [-0.3, -0.25) is 0 Å². The topological polar surface area (TPSA) is 14.1 Å². The lowest BCUT2D eigenvalue weighted by molar-refractivity contribution is 0.699. The smallest absolute Gasteiger partial charge is 0.0341 e. The molecule has 0 atom stereocenters. The third-order valence-electron chi connectivity index (χ3n) is 1.43. The van der Waals surface area contributed by atoms with Gasteiger partial charge in [0.2, 0.25) is 0 Å². The second-order valence-corrected chi connectivity index (χ2v) is 2.31. The summed E-state index contributed by atoms with van der Waals surface area (Å²) in [6, 6.07) is 0. The summed E-state index contributed by atoms with van der Waals surface area (Å²) in [6.07, 6.45) is 3.75. The summed E-state index contributed by atoms with van der Waals surface area (Å²) < 4.78 is 0. The minimum atomic E-state index is 0.917.